The molecule has 0 bridgehead atoms. The minimum absolute atomic E-state index is 0.340. The van der Waals surface area contributed by atoms with Crippen LogP contribution >= 0.6 is 0 Å². The van der Waals surface area contributed by atoms with Crippen LogP contribution in [0.4, 0.5) is 0 Å². The van der Waals surface area contributed by atoms with Crippen LogP contribution in [0.5, 0.6) is 0 Å². The molecular weight excluding hydrogens is 108 g/mol. The lowest BCUT2D eigenvalue weighted by molar-refractivity contribution is -0.150. The summed E-state index contributed by atoms with van der Waals surface area (Å²) in [5.41, 5.74) is 0. The van der Waals surface area contributed by atoms with Crippen LogP contribution in [0.1, 0.15) is 6.92 Å². The number of hydrogen-bond donors (Lipinski definition) is 0. The molecule has 1 aliphatic rings. The van der Waals surface area contributed by atoms with Crippen molar-refractivity contribution in [1.82, 2.24) is 0 Å². The summed E-state index contributed by atoms with van der Waals surface area (Å²) < 4.78 is 9.18. The van der Waals surface area contributed by atoms with E-state index in [1.165, 1.54) is 12.5 Å². The summed E-state index contributed by atoms with van der Waals surface area (Å²) >= 11 is 0. The average Bonchev–Trinajstić information content (AvgIpc) is 1.77. The summed E-state index contributed by atoms with van der Waals surface area (Å²) in [4.78, 5) is 10.4. The standard InChI is InChI=1S/C5H6O3/c1-4-5(6)8-3-2-7-4/h2-4H,1H3. The summed E-state index contributed by atoms with van der Waals surface area (Å²) in [6.07, 6.45) is 2.13. The molecule has 44 valence electrons. The normalized spacial score (nSPS) is 26.6. The predicted molar refractivity (Wildman–Crippen MR) is 25.8 cm³/mol. The second-order valence-corrected chi connectivity index (χ2v) is 1.49. The molecule has 1 heterocycles. The Morgan fingerprint density at radius 2 is 2.38 bits per heavy atom. The first-order valence-electron chi connectivity index (χ1n) is 2.31. The van der Waals surface area contributed by atoms with E-state index >= 15 is 0 Å². The first-order valence-corrected chi connectivity index (χ1v) is 2.31. The monoisotopic (exact) mass is 114 g/mol. The largest absolute Gasteiger partial charge is 0.483 e. The Morgan fingerprint density at radius 1 is 1.62 bits per heavy atom. The third-order valence-corrected chi connectivity index (χ3v) is 0.854. The number of carbonyl (C=O) groups excluding carboxylic acids is 1. The topological polar surface area (TPSA) is 35.5 Å². The second kappa shape index (κ2) is 1.86. The van der Waals surface area contributed by atoms with Gasteiger partial charge in [0, 0.05) is 0 Å². The van der Waals surface area contributed by atoms with Gasteiger partial charge in [0.25, 0.3) is 0 Å². The molecule has 0 aromatic heterocycles. The highest BCUT2D eigenvalue weighted by Crippen LogP contribution is 2.00. The fourth-order valence-electron chi connectivity index (χ4n) is 0.396. The molecule has 0 aliphatic carbocycles. The van der Waals surface area contributed by atoms with E-state index in [-0.39, 0.29) is 5.97 Å². The molecular formula is C5H6O3. The van der Waals surface area contributed by atoms with Crippen molar-refractivity contribution in [1.29, 1.82) is 0 Å². The van der Waals surface area contributed by atoms with Crippen LogP contribution in [-0.4, -0.2) is 12.1 Å². The fraction of sp³-hybridized carbons (Fsp3) is 0.400. The van der Waals surface area contributed by atoms with Gasteiger partial charge in [-0.1, -0.05) is 0 Å². The number of hydrogen-bond acceptors (Lipinski definition) is 3. The van der Waals surface area contributed by atoms with Gasteiger partial charge < -0.3 is 9.47 Å². The number of rotatable bonds is 0. The minimum Gasteiger partial charge on any atom is -0.483 e. The zero-order valence-electron chi connectivity index (χ0n) is 4.46. The highest BCUT2D eigenvalue weighted by atomic mass is 16.6. The van der Waals surface area contributed by atoms with Crippen molar-refractivity contribution in [3.8, 4) is 0 Å². The first kappa shape index (κ1) is 5.15. The third-order valence-electron chi connectivity index (χ3n) is 0.854. The smallest absolute Gasteiger partial charge is 0.351 e. The molecule has 3 nitrogen and oxygen atoms in total. The molecule has 0 aromatic carbocycles. The Balaban J connectivity index is 2.57. The lowest BCUT2D eigenvalue weighted by Crippen LogP contribution is -2.22. The van der Waals surface area contributed by atoms with Crippen LogP contribution in [0, 0.1) is 0 Å². The van der Waals surface area contributed by atoms with Gasteiger partial charge in [-0.25, -0.2) is 4.79 Å². The molecule has 0 saturated heterocycles. The summed E-state index contributed by atoms with van der Waals surface area (Å²) in [5.74, 6) is -0.340. The van der Waals surface area contributed by atoms with Crippen molar-refractivity contribution in [2.45, 2.75) is 13.0 Å². The van der Waals surface area contributed by atoms with E-state index in [0.29, 0.717) is 0 Å². The van der Waals surface area contributed by atoms with Gasteiger partial charge in [0.1, 0.15) is 12.5 Å². The molecule has 8 heavy (non-hydrogen) atoms. The van der Waals surface area contributed by atoms with Crippen molar-refractivity contribution in [3.63, 3.8) is 0 Å². The van der Waals surface area contributed by atoms with Gasteiger partial charge in [-0.05, 0) is 6.92 Å². The molecule has 1 rings (SSSR count). The Labute approximate surface area is 46.9 Å². The molecule has 1 atom stereocenters. The molecule has 0 amide bonds. The Hall–Kier alpha value is -0.990. The van der Waals surface area contributed by atoms with Crippen LogP contribution in [0.3, 0.4) is 0 Å². The maximum Gasteiger partial charge on any atom is 0.351 e. The Bertz CT molecular complexity index is 128. The molecule has 0 N–H and O–H groups in total. The summed E-state index contributed by atoms with van der Waals surface area (Å²) in [5, 5.41) is 0. The van der Waals surface area contributed by atoms with Crippen molar-refractivity contribution in [2.75, 3.05) is 0 Å². The van der Waals surface area contributed by atoms with Crippen LogP contribution < -0.4 is 0 Å². The maximum absolute atomic E-state index is 10.4. The first-order chi connectivity index (χ1) is 3.80. The van der Waals surface area contributed by atoms with E-state index < -0.39 is 6.10 Å². The van der Waals surface area contributed by atoms with Gasteiger partial charge in [-0.2, -0.15) is 0 Å². The number of cyclic esters (lactones) is 1. The van der Waals surface area contributed by atoms with E-state index in [1.54, 1.807) is 6.92 Å². The zero-order chi connectivity index (χ0) is 5.98. The van der Waals surface area contributed by atoms with E-state index in [9.17, 15) is 4.79 Å². The molecule has 0 spiro atoms. The average molecular weight is 114 g/mol. The van der Waals surface area contributed by atoms with Gasteiger partial charge in [0.2, 0.25) is 0 Å². The van der Waals surface area contributed by atoms with Gasteiger partial charge in [-0.3, -0.25) is 0 Å². The fourth-order valence-corrected chi connectivity index (χ4v) is 0.396. The molecule has 1 unspecified atom stereocenters. The van der Waals surface area contributed by atoms with Crippen molar-refractivity contribution in [3.05, 3.63) is 12.5 Å². The molecule has 0 radical (unpaired) electrons. The van der Waals surface area contributed by atoms with Crippen LogP contribution in [-0.2, 0) is 14.3 Å². The highest BCUT2D eigenvalue weighted by molar-refractivity contribution is 5.75. The number of ether oxygens (including phenoxy) is 2. The SMILES string of the molecule is CC1OC=COC1=O. The molecule has 0 saturated carbocycles. The lowest BCUT2D eigenvalue weighted by Gasteiger charge is -2.11. The van der Waals surface area contributed by atoms with E-state index in [2.05, 4.69) is 4.74 Å². The Kier molecular flexibility index (Phi) is 1.20. The van der Waals surface area contributed by atoms with Crippen molar-refractivity contribution < 1.29 is 14.3 Å². The van der Waals surface area contributed by atoms with Crippen molar-refractivity contribution >= 4 is 5.97 Å². The zero-order valence-corrected chi connectivity index (χ0v) is 4.46. The summed E-state index contributed by atoms with van der Waals surface area (Å²) in [6, 6.07) is 0. The number of carbonyl (C=O) groups is 1. The van der Waals surface area contributed by atoms with E-state index in [0.717, 1.165) is 0 Å². The highest BCUT2D eigenvalue weighted by Gasteiger charge is 2.15. The molecule has 3 heteroatoms. The van der Waals surface area contributed by atoms with Crippen molar-refractivity contribution in [2.24, 2.45) is 0 Å². The maximum atomic E-state index is 10.4. The summed E-state index contributed by atoms with van der Waals surface area (Å²) in [7, 11) is 0. The van der Waals surface area contributed by atoms with E-state index in [4.69, 9.17) is 4.74 Å². The Morgan fingerprint density at radius 3 is 2.75 bits per heavy atom. The van der Waals surface area contributed by atoms with Gasteiger partial charge >= 0.3 is 5.97 Å². The second-order valence-electron chi connectivity index (χ2n) is 1.49. The van der Waals surface area contributed by atoms with E-state index in [1.807, 2.05) is 0 Å². The third kappa shape index (κ3) is 0.804. The molecule has 0 fully saturated rings. The summed E-state index contributed by atoms with van der Waals surface area (Å²) in [6.45, 7) is 1.63. The van der Waals surface area contributed by atoms with Crippen LogP contribution in [0.25, 0.3) is 0 Å². The molecule has 0 aromatic rings. The van der Waals surface area contributed by atoms with Gasteiger partial charge in [-0.15, -0.1) is 0 Å². The predicted octanol–water partition coefficient (Wildman–Crippen LogP) is 0.419. The van der Waals surface area contributed by atoms with Gasteiger partial charge in [0.05, 0.1) is 0 Å². The minimum atomic E-state index is -0.444. The lowest BCUT2D eigenvalue weighted by atomic mass is 10.4. The van der Waals surface area contributed by atoms with Gasteiger partial charge in [0.15, 0.2) is 6.10 Å². The van der Waals surface area contributed by atoms with Crippen LogP contribution in [0.15, 0.2) is 12.5 Å². The quantitative estimate of drug-likeness (QED) is 0.428. The van der Waals surface area contributed by atoms with Crippen LogP contribution in [0.2, 0.25) is 0 Å². The molecule has 1 aliphatic heterocycles. The number of esters is 1.